The molecular formula is C21H20ClN4O2S+. The molecule has 0 bridgehead atoms. The molecule has 1 N–H and O–H groups in total. The number of benzene rings is 2. The van der Waals surface area contributed by atoms with Crippen LogP contribution in [0.1, 0.15) is 5.69 Å². The number of hydrogen-bond acceptors (Lipinski definition) is 5. The maximum atomic E-state index is 6.62. The minimum Gasteiger partial charge on any atom is -0.493 e. The van der Waals surface area contributed by atoms with Crippen molar-refractivity contribution in [3.05, 3.63) is 53.2 Å². The van der Waals surface area contributed by atoms with Crippen LogP contribution in [-0.4, -0.2) is 35.7 Å². The highest BCUT2D eigenvalue weighted by atomic mass is 35.5. The van der Waals surface area contributed by atoms with Crippen LogP contribution in [0.4, 0.5) is 0 Å². The average Bonchev–Trinajstić information content (AvgIpc) is 3.21. The number of ether oxygens (including phenoxy) is 2. The topological polar surface area (TPSA) is 63.9 Å². The van der Waals surface area contributed by atoms with E-state index >= 15 is 0 Å². The molecule has 0 atom stereocenters. The minimum absolute atomic E-state index is 0.624. The average molecular weight is 428 g/mol. The van der Waals surface area contributed by atoms with Gasteiger partial charge in [-0.15, -0.1) is 5.10 Å². The fourth-order valence-corrected chi connectivity index (χ4v) is 3.97. The number of aromatic amines is 1. The van der Waals surface area contributed by atoms with E-state index in [1.807, 2.05) is 54.1 Å². The number of thioether (sulfide) groups is 1. The minimum atomic E-state index is 0.624. The third-order valence-corrected chi connectivity index (χ3v) is 5.61. The summed E-state index contributed by atoms with van der Waals surface area (Å²) in [5.41, 5.74) is 2.76. The molecule has 0 amide bonds. The second kappa shape index (κ2) is 7.93. The summed E-state index contributed by atoms with van der Waals surface area (Å²) in [5, 5.41) is 10.6. The Morgan fingerprint density at radius 1 is 1.07 bits per heavy atom. The van der Waals surface area contributed by atoms with Crippen LogP contribution in [-0.2, 0) is 0 Å². The van der Waals surface area contributed by atoms with Crippen LogP contribution in [0.2, 0.25) is 5.02 Å². The zero-order valence-corrected chi connectivity index (χ0v) is 18.1. The highest BCUT2D eigenvalue weighted by Crippen LogP contribution is 2.38. The number of aryl methyl sites for hydroxylation is 1. The van der Waals surface area contributed by atoms with Gasteiger partial charge in [-0.05, 0) is 53.9 Å². The Morgan fingerprint density at radius 3 is 2.45 bits per heavy atom. The molecule has 0 radical (unpaired) electrons. The normalized spacial score (nSPS) is 11.1. The zero-order chi connectivity index (χ0) is 20.5. The Kier molecular flexibility index (Phi) is 5.34. The van der Waals surface area contributed by atoms with Crippen molar-refractivity contribution in [3.63, 3.8) is 0 Å². The molecule has 0 spiro atoms. The monoisotopic (exact) mass is 427 g/mol. The van der Waals surface area contributed by atoms with Crippen molar-refractivity contribution in [2.75, 3.05) is 20.5 Å². The first-order valence-corrected chi connectivity index (χ1v) is 10.5. The van der Waals surface area contributed by atoms with Crippen LogP contribution in [0.15, 0.2) is 47.6 Å². The molecule has 0 saturated heterocycles. The van der Waals surface area contributed by atoms with E-state index in [1.165, 1.54) is 11.8 Å². The first-order valence-electron chi connectivity index (χ1n) is 8.90. The molecule has 0 unspecified atom stereocenters. The zero-order valence-electron chi connectivity index (χ0n) is 16.5. The Morgan fingerprint density at radius 2 is 1.79 bits per heavy atom. The molecule has 148 valence electrons. The van der Waals surface area contributed by atoms with Gasteiger partial charge in [0.05, 0.1) is 24.9 Å². The molecule has 6 nitrogen and oxygen atoms in total. The maximum Gasteiger partial charge on any atom is 0.423 e. The van der Waals surface area contributed by atoms with E-state index in [0.717, 1.165) is 27.7 Å². The van der Waals surface area contributed by atoms with Gasteiger partial charge in [0.25, 0.3) is 5.16 Å². The molecule has 4 aromatic rings. The van der Waals surface area contributed by atoms with Crippen molar-refractivity contribution in [1.82, 2.24) is 15.2 Å². The van der Waals surface area contributed by atoms with Gasteiger partial charge >= 0.3 is 5.95 Å². The van der Waals surface area contributed by atoms with Gasteiger partial charge in [-0.1, -0.05) is 40.6 Å². The fourth-order valence-electron chi connectivity index (χ4n) is 3.43. The van der Waals surface area contributed by atoms with Crippen molar-refractivity contribution in [1.29, 1.82) is 0 Å². The van der Waals surface area contributed by atoms with Crippen molar-refractivity contribution < 1.29 is 14.0 Å². The molecule has 0 aliphatic heterocycles. The van der Waals surface area contributed by atoms with E-state index in [0.29, 0.717) is 27.6 Å². The van der Waals surface area contributed by atoms with E-state index in [-0.39, 0.29) is 0 Å². The van der Waals surface area contributed by atoms with E-state index in [1.54, 1.807) is 14.2 Å². The van der Waals surface area contributed by atoms with Crippen molar-refractivity contribution in [3.8, 4) is 28.7 Å². The van der Waals surface area contributed by atoms with Crippen LogP contribution in [0.25, 0.3) is 28.0 Å². The fraction of sp³-hybridized carbons (Fsp3) is 0.190. The lowest BCUT2D eigenvalue weighted by Crippen LogP contribution is -2.38. The second-order valence-electron chi connectivity index (χ2n) is 6.39. The number of methoxy groups -OCH3 is 2. The van der Waals surface area contributed by atoms with Crippen LogP contribution >= 0.6 is 23.4 Å². The number of fused-ring (bicyclic) bond motifs is 1. The molecule has 0 aliphatic rings. The number of halogens is 1. The lowest BCUT2D eigenvalue weighted by Gasteiger charge is -2.16. The number of rotatable bonds is 5. The van der Waals surface area contributed by atoms with Gasteiger partial charge in [-0.25, -0.2) is 0 Å². The van der Waals surface area contributed by atoms with E-state index in [2.05, 4.69) is 21.2 Å². The molecule has 0 fully saturated rings. The largest absolute Gasteiger partial charge is 0.493 e. The number of hydrogen-bond donors (Lipinski definition) is 1. The summed E-state index contributed by atoms with van der Waals surface area (Å²) >= 11 is 8.10. The predicted octanol–water partition coefficient (Wildman–Crippen LogP) is 4.60. The van der Waals surface area contributed by atoms with Gasteiger partial charge < -0.3 is 9.47 Å². The number of pyridine rings is 1. The van der Waals surface area contributed by atoms with Crippen molar-refractivity contribution >= 4 is 34.1 Å². The van der Waals surface area contributed by atoms with E-state index < -0.39 is 0 Å². The molecular weight excluding hydrogens is 408 g/mol. The first kappa shape index (κ1) is 19.5. The summed E-state index contributed by atoms with van der Waals surface area (Å²) in [5.74, 6) is 1.94. The summed E-state index contributed by atoms with van der Waals surface area (Å²) < 4.78 is 13.1. The Balaban J connectivity index is 2.15. The predicted molar refractivity (Wildman–Crippen MR) is 115 cm³/mol. The quantitative estimate of drug-likeness (QED) is 0.372. The number of aromatic nitrogens is 4. The standard InChI is InChI=1S/C21H20ClN4O2S/c1-12-9-13-10-17(27-2)18(28-3)11-15(13)19(14-7-5-6-8-16(14)22)26(12)20-23-21(29-4)25-24-20/h5-11H,1-4H3,(H,23,24,25)/q+1. The highest BCUT2D eigenvalue weighted by Gasteiger charge is 2.25. The smallest absolute Gasteiger partial charge is 0.423 e. The molecule has 4 rings (SSSR count). The van der Waals surface area contributed by atoms with Crippen LogP contribution in [0.5, 0.6) is 11.5 Å². The van der Waals surface area contributed by atoms with Gasteiger partial charge in [0, 0.05) is 10.9 Å². The molecule has 2 heterocycles. The van der Waals surface area contributed by atoms with Crippen LogP contribution in [0.3, 0.4) is 0 Å². The molecule has 0 saturated carbocycles. The van der Waals surface area contributed by atoms with Gasteiger partial charge in [0.15, 0.2) is 11.5 Å². The summed E-state index contributed by atoms with van der Waals surface area (Å²) in [7, 11) is 3.26. The summed E-state index contributed by atoms with van der Waals surface area (Å²) in [6, 6.07) is 13.8. The van der Waals surface area contributed by atoms with Gasteiger partial charge in [-0.2, -0.15) is 4.57 Å². The molecule has 2 aromatic heterocycles. The SMILES string of the molecule is COc1cc2cc(C)[n+](-c3nc(SC)n[nH]3)c(-c3ccccc3Cl)c2cc1OC. The number of H-pyrrole nitrogens is 1. The van der Waals surface area contributed by atoms with E-state index in [9.17, 15) is 0 Å². The van der Waals surface area contributed by atoms with Crippen molar-refractivity contribution in [2.24, 2.45) is 0 Å². The Bertz CT molecular complexity index is 1210. The third kappa shape index (κ3) is 3.41. The molecule has 2 aromatic carbocycles. The van der Waals surface area contributed by atoms with Crippen molar-refractivity contribution in [2.45, 2.75) is 12.1 Å². The first-order chi connectivity index (χ1) is 14.1. The second-order valence-corrected chi connectivity index (χ2v) is 7.57. The van der Waals surface area contributed by atoms with Gasteiger partial charge in [-0.3, -0.25) is 0 Å². The number of nitrogens with one attached hydrogen (secondary N) is 1. The third-order valence-electron chi connectivity index (χ3n) is 4.73. The summed E-state index contributed by atoms with van der Waals surface area (Å²) in [6.45, 7) is 2.03. The highest BCUT2D eigenvalue weighted by molar-refractivity contribution is 7.98. The molecule has 0 aliphatic carbocycles. The van der Waals surface area contributed by atoms with E-state index in [4.69, 9.17) is 21.1 Å². The van der Waals surface area contributed by atoms with Crippen LogP contribution < -0.4 is 14.0 Å². The Hall–Kier alpha value is -2.77. The summed E-state index contributed by atoms with van der Waals surface area (Å²) in [6.07, 6.45) is 1.94. The van der Waals surface area contributed by atoms with Crippen LogP contribution in [0, 0.1) is 6.92 Å². The summed E-state index contributed by atoms with van der Waals surface area (Å²) in [4.78, 5) is 4.62. The lowest BCUT2D eigenvalue weighted by atomic mass is 10.0. The Labute approximate surface area is 177 Å². The maximum absolute atomic E-state index is 6.62. The van der Waals surface area contributed by atoms with Gasteiger partial charge in [0.1, 0.15) is 5.69 Å². The van der Waals surface area contributed by atoms with Gasteiger partial charge in [0.2, 0.25) is 0 Å². The molecule has 29 heavy (non-hydrogen) atoms. The molecule has 8 heteroatoms. The number of nitrogens with zero attached hydrogens (tertiary/aromatic N) is 3. The lowest BCUT2D eigenvalue weighted by molar-refractivity contribution is -0.597.